The molecule has 3 aliphatic rings. The van der Waals surface area contributed by atoms with E-state index >= 15 is 0 Å². The summed E-state index contributed by atoms with van der Waals surface area (Å²) < 4.78 is 23.0. The van der Waals surface area contributed by atoms with Gasteiger partial charge < -0.3 is 34.1 Å². The minimum absolute atomic E-state index is 0.170. The van der Waals surface area contributed by atoms with Gasteiger partial charge in [-0.2, -0.15) is 15.0 Å². The van der Waals surface area contributed by atoms with Gasteiger partial charge >= 0.3 is 6.01 Å². The Bertz CT molecular complexity index is 1110. The number of nitrogens with one attached hydrogen (secondary N) is 1. The lowest BCUT2D eigenvalue weighted by atomic mass is 10.2. The van der Waals surface area contributed by atoms with Crippen molar-refractivity contribution in [3.05, 3.63) is 28.7 Å². The minimum atomic E-state index is -0.212. The van der Waals surface area contributed by atoms with Crippen LogP contribution in [0.15, 0.2) is 23.1 Å². The number of anilines is 2. The predicted octanol–water partition coefficient (Wildman–Crippen LogP) is 1.83. The molecule has 0 bridgehead atoms. The summed E-state index contributed by atoms with van der Waals surface area (Å²) in [6.07, 6.45) is 1.75. The summed E-state index contributed by atoms with van der Waals surface area (Å²) in [5, 5.41) is 2.61. The number of hydrogen-bond acceptors (Lipinski definition) is 12. The molecular formula is C22H24N6O5S2. The van der Waals surface area contributed by atoms with Gasteiger partial charge in [-0.15, -0.1) is 0 Å². The maximum absolute atomic E-state index is 12.0. The van der Waals surface area contributed by atoms with E-state index in [9.17, 15) is 4.79 Å². The van der Waals surface area contributed by atoms with Crippen molar-refractivity contribution in [1.29, 1.82) is 0 Å². The second kappa shape index (κ2) is 10.7. The molecule has 3 saturated heterocycles. The molecule has 0 saturated carbocycles. The Kier molecular flexibility index (Phi) is 7.27. The van der Waals surface area contributed by atoms with Crippen LogP contribution in [0.25, 0.3) is 6.08 Å². The third-order valence-corrected chi connectivity index (χ3v) is 6.67. The third-order valence-electron chi connectivity index (χ3n) is 5.51. The van der Waals surface area contributed by atoms with Crippen LogP contribution in [0.3, 0.4) is 0 Å². The molecule has 4 heterocycles. The number of methoxy groups -OCH3 is 1. The van der Waals surface area contributed by atoms with Crippen LogP contribution in [0.5, 0.6) is 17.5 Å². The van der Waals surface area contributed by atoms with Gasteiger partial charge in [0, 0.05) is 26.2 Å². The highest BCUT2D eigenvalue weighted by Crippen LogP contribution is 2.34. The number of rotatable bonds is 6. The second-order valence-corrected chi connectivity index (χ2v) is 9.50. The first-order valence-corrected chi connectivity index (χ1v) is 12.3. The Morgan fingerprint density at radius 2 is 1.63 bits per heavy atom. The zero-order valence-corrected chi connectivity index (χ0v) is 20.7. The molecule has 2 aromatic rings. The van der Waals surface area contributed by atoms with Crippen LogP contribution in [-0.4, -0.2) is 84.9 Å². The van der Waals surface area contributed by atoms with E-state index in [-0.39, 0.29) is 11.9 Å². The number of thiocarbonyl (C=S) groups is 1. The maximum atomic E-state index is 12.0. The average molecular weight is 517 g/mol. The van der Waals surface area contributed by atoms with Gasteiger partial charge in [-0.05, 0) is 23.8 Å². The highest BCUT2D eigenvalue weighted by atomic mass is 32.2. The Hall–Kier alpha value is -3.00. The molecule has 1 aromatic heterocycles. The van der Waals surface area contributed by atoms with Crippen LogP contribution in [0.4, 0.5) is 11.9 Å². The summed E-state index contributed by atoms with van der Waals surface area (Å²) in [4.78, 5) is 30.5. The molecule has 35 heavy (non-hydrogen) atoms. The standard InChI is InChI=1S/C22H24N6O5S2/c1-30-16-12-14(13-17-18(29)23-22(34)35-17)2-3-15(16)33-21-25-19(27-4-8-31-9-5-27)24-20(26-21)28-6-10-32-11-7-28/h2-3,12-13H,4-11H2,1H3,(H,23,29,34)/b17-13+. The van der Waals surface area contributed by atoms with Crippen molar-refractivity contribution in [3.63, 3.8) is 0 Å². The van der Waals surface area contributed by atoms with Gasteiger partial charge in [-0.3, -0.25) is 4.79 Å². The fourth-order valence-electron chi connectivity index (χ4n) is 3.72. The Morgan fingerprint density at radius 1 is 1.00 bits per heavy atom. The summed E-state index contributed by atoms with van der Waals surface area (Å²) in [5.41, 5.74) is 0.773. The van der Waals surface area contributed by atoms with Crippen LogP contribution in [-0.2, 0) is 14.3 Å². The zero-order chi connectivity index (χ0) is 24.2. The number of carbonyl (C=O) groups excluding carboxylic acids is 1. The predicted molar refractivity (Wildman–Crippen MR) is 135 cm³/mol. The maximum Gasteiger partial charge on any atom is 0.328 e. The number of ether oxygens (including phenoxy) is 4. The van der Waals surface area contributed by atoms with E-state index in [2.05, 4.69) is 25.1 Å². The van der Waals surface area contributed by atoms with Gasteiger partial charge in [0.05, 0.1) is 38.4 Å². The van der Waals surface area contributed by atoms with Gasteiger partial charge in [0.25, 0.3) is 5.91 Å². The van der Waals surface area contributed by atoms with Crippen molar-refractivity contribution in [2.45, 2.75) is 0 Å². The highest BCUT2D eigenvalue weighted by molar-refractivity contribution is 8.26. The van der Waals surface area contributed by atoms with Gasteiger partial charge in [-0.1, -0.05) is 30.0 Å². The Labute approximate surface area is 211 Å². The second-order valence-electron chi connectivity index (χ2n) is 7.78. The van der Waals surface area contributed by atoms with Crippen LogP contribution < -0.4 is 24.6 Å². The van der Waals surface area contributed by atoms with E-state index in [0.717, 1.165) is 5.56 Å². The summed E-state index contributed by atoms with van der Waals surface area (Å²) in [6, 6.07) is 5.54. The molecule has 184 valence electrons. The van der Waals surface area contributed by atoms with E-state index in [1.807, 2.05) is 6.07 Å². The van der Waals surface area contributed by atoms with Crippen LogP contribution in [0, 0.1) is 0 Å². The topological polar surface area (TPSA) is 111 Å². The van der Waals surface area contributed by atoms with Crippen molar-refractivity contribution < 1.29 is 23.7 Å². The van der Waals surface area contributed by atoms with Crippen molar-refractivity contribution in [1.82, 2.24) is 20.3 Å². The van der Waals surface area contributed by atoms with Crippen LogP contribution in [0.1, 0.15) is 5.56 Å². The number of benzene rings is 1. The molecule has 0 atom stereocenters. The number of nitrogens with zero attached hydrogens (tertiary/aromatic N) is 5. The minimum Gasteiger partial charge on any atom is -0.493 e. The quantitative estimate of drug-likeness (QED) is 0.447. The molecular weight excluding hydrogens is 492 g/mol. The molecule has 1 amide bonds. The first-order chi connectivity index (χ1) is 17.1. The number of thioether (sulfide) groups is 1. The summed E-state index contributed by atoms with van der Waals surface area (Å²) >= 11 is 6.28. The molecule has 1 N–H and O–H groups in total. The fraction of sp³-hybridized carbons (Fsp3) is 0.409. The molecule has 11 nitrogen and oxygen atoms in total. The van der Waals surface area contributed by atoms with Gasteiger partial charge in [0.2, 0.25) is 11.9 Å². The first kappa shape index (κ1) is 23.7. The van der Waals surface area contributed by atoms with Gasteiger partial charge in [0.15, 0.2) is 11.5 Å². The number of aromatic nitrogens is 3. The highest BCUT2D eigenvalue weighted by Gasteiger charge is 2.23. The SMILES string of the molecule is COc1cc(/C=C2/SC(=S)NC2=O)ccc1Oc1nc(N2CCOCC2)nc(N2CCOCC2)n1. The Morgan fingerprint density at radius 3 is 2.17 bits per heavy atom. The number of hydrogen-bond donors (Lipinski definition) is 1. The van der Waals surface area contributed by atoms with E-state index in [1.54, 1.807) is 25.3 Å². The van der Waals surface area contributed by atoms with E-state index < -0.39 is 0 Å². The summed E-state index contributed by atoms with van der Waals surface area (Å²) in [7, 11) is 1.55. The monoisotopic (exact) mass is 516 g/mol. The van der Waals surface area contributed by atoms with Crippen LogP contribution >= 0.6 is 24.0 Å². The van der Waals surface area contributed by atoms with E-state index in [1.165, 1.54) is 11.8 Å². The van der Waals surface area contributed by atoms with Crippen LogP contribution in [0.2, 0.25) is 0 Å². The van der Waals surface area contributed by atoms with Crippen molar-refractivity contribution in [2.24, 2.45) is 0 Å². The molecule has 5 rings (SSSR count). The smallest absolute Gasteiger partial charge is 0.328 e. The number of carbonyl (C=O) groups is 1. The van der Waals surface area contributed by atoms with Gasteiger partial charge in [0.1, 0.15) is 4.32 Å². The molecule has 1 aromatic carbocycles. The van der Waals surface area contributed by atoms with E-state index in [4.69, 9.17) is 36.1 Å². The van der Waals surface area contributed by atoms with E-state index in [0.29, 0.717) is 85.2 Å². The van der Waals surface area contributed by atoms with Crippen molar-refractivity contribution in [3.8, 4) is 17.5 Å². The van der Waals surface area contributed by atoms with Gasteiger partial charge in [-0.25, -0.2) is 0 Å². The molecule has 0 unspecified atom stereocenters. The average Bonchev–Trinajstić information content (AvgIpc) is 3.21. The lowest BCUT2D eigenvalue weighted by Crippen LogP contribution is -2.40. The molecule has 0 radical (unpaired) electrons. The zero-order valence-electron chi connectivity index (χ0n) is 19.1. The molecule has 0 spiro atoms. The Balaban J connectivity index is 1.43. The molecule has 3 aliphatic heterocycles. The fourth-order valence-corrected chi connectivity index (χ4v) is 4.76. The normalized spacial score (nSPS) is 19.7. The lowest BCUT2D eigenvalue weighted by Gasteiger charge is -2.30. The third kappa shape index (κ3) is 5.64. The molecule has 3 fully saturated rings. The summed E-state index contributed by atoms with van der Waals surface area (Å²) in [5.74, 6) is 1.80. The lowest BCUT2D eigenvalue weighted by molar-refractivity contribution is -0.115. The van der Waals surface area contributed by atoms with Crippen molar-refractivity contribution >= 4 is 52.2 Å². The molecule has 0 aliphatic carbocycles. The summed E-state index contributed by atoms with van der Waals surface area (Å²) in [6.45, 7) is 5.20. The first-order valence-electron chi connectivity index (χ1n) is 11.1. The number of morpholine rings is 2. The largest absolute Gasteiger partial charge is 0.493 e. The van der Waals surface area contributed by atoms with Crippen molar-refractivity contribution in [2.75, 3.05) is 69.5 Å². The number of amides is 1. The molecule has 13 heteroatoms.